The molecular formula is C37H38N2O8S. The van der Waals surface area contributed by atoms with Crippen LogP contribution in [0.15, 0.2) is 72.3 Å². The molecule has 4 aromatic rings. The molecule has 0 radical (unpaired) electrons. The first kappa shape index (κ1) is 34.2. The van der Waals surface area contributed by atoms with Gasteiger partial charge in [0.2, 0.25) is 0 Å². The number of anilines is 1. The first-order valence-electron chi connectivity index (χ1n) is 15.5. The number of hydrogen-bond acceptors (Lipinski definition) is 10. The second kappa shape index (κ2) is 14.7. The van der Waals surface area contributed by atoms with E-state index in [1.807, 2.05) is 31.2 Å². The molecule has 1 unspecified atom stereocenters. The lowest BCUT2D eigenvalue weighted by atomic mass is 9.95. The number of carbonyl (C=O) groups is 3. The van der Waals surface area contributed by atoms with Crippen LogP contribution in [0.4, 0.5) is 5.13 Å². The van der Waals surface area contributed by atoms with Gasteiger partial charge in [-0.15, -0.1) is 0 Å². The number of amides is 1. The molecule has 3 aromatic carbocycles. The predicted octanol–water partition coefficient (Wildman–Crippen LogP) is 7.19. The van der Waals surface area contributed by atoms with E-state index in [-0.39, 0.29) is 21.3 Å². The van der Waals surface area contributed by atoms with E-state index in [0.29, 0.717) is 53.2 Å². The number of carbonyl (C=O) groups excluding carboxylic acids is 3. The minimum absolute atomic E-state index is 0.107. The Morgan fingerprint density at radius 3 is 2.40 bits per heavy atom. The molecule has 1 N–H and O–H groups in total. The molecule has 0 bridgehead atoms. The van der Waals surface area contributed by atoms with E-state index in [4.69, 9.17) is 18.9 Å². The lowest BCUT2D eigenvalue weighted by Gasteiger charge is -2.24. The quantitative estimate of drug-likeness (QED) is 0.0722. The zero-order valence-electron chi connectivity index (χ0n) is 27.7. The topological polar surface area (TPSA) is 124 Å². The van der Waals surface area contributed by atoms with Crippen LogP contribution in [0.25, 0.3) is 5.76 Å². The monoisotopic (exact) mass is 670 g/mol. The van der Waals surface area contributed by atoms with Gasteiger partial charge in [-0.3, -0.25) is 14.5 Å². The van der Waals surface area contributed by atoms with Gasteiger partial charge in [0, 0.05) is 5.56 Å². The van der Waals surface area contributed by atoms with Gasteiger partial charge in [0.15, 0.2) is 16.6 Å². The maximum absolute atomic E-state index is 13.7. The number of ketones is 1. The molecule has 1 aliphatic heterocycles. The lowest BCUT2D eigenvalue weighted by Crippen LogP contribution is -2.29. The summed E-state index contributed by atoms with van der Waals surface area (Å²) in [5.74, 6) is -0.887. The maximum atomic E-state index is 13.7. The number of Topliss-reactive ketones (excluding diaryl/α,β-unsaturated/α-hetero) is 1. The standard InChI is InChI=1S/C37H38N2O8S/c1-21(2)16-17-46-28-15-12-26(19-29(28)44-5)31-30(33(41)35(42)39(31)37-38-23(4)34(48-37)36(43)45-6)32(40)25-10-13-27(14-11-25)47-20-24-9-7-8-22(3)18-24/h7-15,18-19,21,31,40H,16-17,20H2,1-6H3/b32-30+. The Morgan fingerprint density at radius 2 is 1.73 bits per heavy atom. The lowest BCUT2D eigenvalue weighted by molar-refractivity contribution is -0.132. The summed E-state index contributed by atoms with van der Waals surface area (Å²) in [5.41, 5.74) is 3.12. The van der Waals surface area contributed by atoms with Crippen LogP contribution >= 0.6 is 11.3 Å². The molecule has 1 aliphatic rings. The van der Waals surface area contributed by atoms with Crippen LogP contribution in [-0.4, -0.2) is 48.6 Å². The molecule has 0 aliphatic carbocycles. The van der Waals surface area contributed by atoms with Gasteiger partial charge < -0.3 is 24.1 Å². The Morgan fingerprint density at radius 1 is 0.979 bits per heavy atom. The van der Waals surface area contributed by atoms with E-state index in [0.717, 1.165) is 28.9 Å². The molecule has 1 aromatic heterocycles. The maximum Gasteiger partial charge on any atom is 0.350 e. The molecule has 48 heavy (non-hydrogen) atoms. The zero-order chi connectivity index (χ0) is 34.5. The van der Waals surface area contributed by atoms with Crippen molar-refractivity contribution in [1.82, 2.24) is 4.98 Å². The summed E-state index contributed by atoms with van der Waals surface area (Å²) < 4.78 is 22.4. The van der Waals surface area contributed by atoms with Gasteiger partial charge in [-0.1, -0.05) is 61.1 Å². The fourth-order valence-corrected chi connectivity index (χ4v) is 6.34. The number of aliphatic hydroxyl groups is 1. The van der Waals surface area contributed by atoms with Gasteiger partial charge in [0.05, 0.1) is 38.1 Å². The van der Waals surface area contributed by atoms with Gasteiger partial charge in [-0.05, 0) is 73.7 Å². The molecule has 1 fully saturated rings. The minimum Gasteiger partial charge on any atom is -0.507 e. The van der Waals surface area contributed by atoms with Gasteiger partial charge in [0.1, 0.15) is 23.0 Å². The van der Waals surface area contributed by atoms with Crippen LogP contribution in [0.5, 0.6) is 17.2 Å². The van der Waals surface area contributed by atoms with Crippen molar-refractivity contribution < 1.29 is 38.4 Å². The van der Waals surface area contributed by atoms with Crippen LogP contribution < -0.4 is 19.1 Å². The van der Waals surface area contributed by atoms with Crippen molar-refractivity contribution in [2.75, 3.05) is 25.7 Å². The molecule has 0 saturated carbocycles. The molecule has 10 nitrogen and oxygen atoms in total. The number of aliphatic hydroxyl groups excluding tert-OH is 1. The van der Waals surface area contributed by atoms with Crippen LogP contribution in [0, 0.1) is 19.8 Å². The summed E-state index contributed by atoms with van der Waals surface area (Å²) in [4.78, 5) is 45.8. The number of thiazole rings is 1. The minimum atomic E-state index is -1.10. The number of ether oxygens (including phenoxy) is 4. The van der Waals surface area contributed by atoms with Crippen molar-refractivity contribution >= 4 is 39.9 Å². The highest BCUT2D eigenvalue weighted by Crippen LogP contribution is 2.45. The third-order valence-electron chi connectivity index (χ3n) is 7.88. The normalized spacial score (nSPS) is 15.6. The summed E-state index contributed by atoms with van der Waals surface area (Å²) in [6.07, 6.45) is 0.840. The number of benzene rings is 3. The molecule has 1 atom stereocenters. The van der Waals surface area contributed by atoms with Crippen molar-refractivity contribution in [2.45, 2.75) is 46.8 Å². The van der Waals surface area contributed by atoms with Crippen molar-refractivity contribution in [3.63, 3.8) is 0 Å². The van der Waals surface area contributed by atoms with Crippen molar-refractivity contribution in [1.29, 1.82) is 0 Å². The highest BCUT2D eigenvalue weighted by molar-refractivity contribution is 7.17. The summed E-state index contributed by atoms with van der Waals surface area (Å²) in [6.45, 7) is 8.67. The molecule has 0 spiro atoms. The first-order valence-corrected chi connectivity index (χ1v) is 16.3. The summed E-state index contributed by atoms with van der Waals surface area (Å²) in [5, 5.41) is 11.8. The number of hydrogen-bond donors (Lipinski definition) is 1. The van der Waals surface area contributed by atoms with Crippen LogP contribution in [0.2, 0.25) is 0 Å². The Balaban J connectivity index is 1.55. The molecule has 250 valence electrons. The Hall–Kier alpha value is -5.16. The van der Waals surface area contributed by atoms with Crippen LogP contribution in [-0.2, 0) is 20.9 Å². The predicted molar refractivity (Wildman–Crippen MR) is 183 cm³/mol. The third-order valence-corrected chi connectivity index (χ3v) is 9.02. The molecule has 11 heteroatoms. The number of aryl methyl sites for hydroxylation is 2. The molecular weight excluding hydrogens is 632 g/mol. The summed E-state index contributed by atoms with van der Waals surface area (Å²) >= 11 is 0.927. The highest BCUT2D eigenvalue weighted by Gasteiger charge is 2.48. The molecule has 1 amide bonds. The largest absolute Gasteiger partial charge is 0.507 e. The Kier molecular flexibility index (Phi) is 10.5. The fraction of sp³-hybridized carbons (Fsp3) is 0.297. The molecule has 2 heterocycles. The average molecular weight is 671 g/mol. The van der Waals surface area contributed by atoms with E-state index in [1.54, 1.807) is 49.4 Å². The number of esters is 1. The van der Waals surface area contributed by atoms with Gasteiger partial charge >= 0.3 is 11.9 Å². The Bertz CT molecular complexity index is 1860. The Labute approximate surface area is 283 Å². The van der Waals surface area contributed by atoms with E-state index in [9.17, 15) is 19.5 Å². The molecule has 5 rings (SSSR count). The SMILES string of the molecule is COC(=O)c1sc(N2C(=O)C(=O)/C(=C(/O)c3ccc(OCc4cccc(C)c4)cc3)C2c2ccc(OCCC(C)C)c(OC)c2)nc1C. The van der Waals surface area contributed by atoms with Crippen LogP contribution in [0.1, 0.15) is 63.9 Å². The first-order chi connectivity index (χ1) is 23.0. The highest BCUT2D eigenvalue weighted by atomic mass is 32.1. The number of methoxy groups -OCH3 is 2. The van der Waals surface area contributed by atoms with Gasteiger partial charge in [-0.25, -0.2) is 9.78 Å². The van der Waals surface area contributed by atoms with Crippen molar-refractivity contribution in [3.05, 3.63) is 105 Å². The smallest absolute Gasteiger partial charge is 0.350 e. The van der Waals surface area contributed by atoms with E-state index in [2.05, 4.69) is 18.8 Å². The summed E-state index contributed by atoms with van der Waals surface area (Å²) in [6, 6.07) is 18.6. The summed E-state index contributed by atoms with van der Waals surface area (Å²) in [7, 11) is 2.75. The van der Waals surface area contributed by atoms with Gasteiger partial charge in [-0.2, -0.15) is 0 Å². The third kappa shape index (κ3) is 7.21. The van der Waals surface area contributed by atoms with Crippen LogP contribution in [0.3, 0.4) is 0 Å². The van der Waals surface area contributed by atoms with Gasteiger partial charge in [0.25, 0.3) is 5.78 Å². The second-order valence-electron chi connectivity index (χ2n) is 11.8. The number of aromatic nitrogens is 1. The number of rotatable bonds is 12. The van der Waals surface area contributed by atoms with E-state index >= 15 is 0 Å². The average Bonchev–Trinajstić information content (AvgIpc) is 3.59. The van der Waals surface area contributed by atoms with Crippen molar-refractivity contribution in [2.24, 2.45) is 5.92 Å². The second-order valence-corrected chi connectivity index (χ2v) is 12.8. The molecule has 1 saturated heterocycles. The van der Waals surface area contributed by atoms with E-state index in [1.165, 1.54) is 19.1 Å². The fourth-order valence-electron chi connectivity index (χ4n) is 5.32. The van der Waals surface area contributed by atoms with Crippen molar-refractivity contribution in [3.8, 4) is 17.2 Å². The van der Waals surface area contributed by atoms with E-state index < -0.39 is 23.7 Å². The zero-order valence-corrected chi connectivity index (χ0v) is 28.6. The number of nitrogens with zero attached hydrogens (tertiary/aromatic N) is 2.